The minimum absolute atomic E-state index is 0.131. The van der Waals surface area contributed by atoms with E-state index < -0.39 is 0 Å². The van der Waals surface area contributed by atoms with Gasteiger partial charge in [0.15, 0.2) is 5.13 Å². The Bertz CT molecular complexity index is 937. The summed E-state index contributed by atoms with van der Waals surface area (Å²) in [5.74, 6) is 0.828. The number of thioether (sulfide) groups is 1. The Balaban J connectivity index is 1.54. The predicted octanol–water partition coefficient (Wildman–Crippen LogP) is 4.72. The minimum Gasteiger partial charge on any atom is -0.493 e. The largest absolute Gasteiger partial charge is 0.493 e. The number of thiazole rings is 1. The molecule has 0 aliphatic carbocycles. The van der Waals surface area contributed by atoms with Crippen LogP contribution in [0.4, 0.5) is 5.13 Å². The summed E-state index contributed by atoms with van der Waals surface area (Å²) in [6.07, 6.45) is 2.90. The number of carbonyl (C=O) groups excluding carboxylic acids is 1. The van der Waals surface area contributed by atoms with Crippen LogP contribution in [0.25, 0.3) is 11.3 Å². The van der Waals surface area contributed by atoms with Crippen molar-refractivity contribution in [2.45, 2.75) is 11.3 Å². The molecule has 0 saturated heterocycles. The van der Waals surface area contributed by atoms with Crippen molar-refractivity contribution in [1.29, 1.82) is 0 Å². The van der Waals surface area contributed by atoms with Gasteiger partial charge in [-0.3, -0.25) is 10.1 Å². The van der Waals surface area contributed by atoms with Gasteiger partial charge in [-0.15, -0.1) is 23.1 Å². The zero-order valence-corrected chi connectivity index (χ0v) is 15.2. The van der Waals surface area contributed by atoms with Crippen LogP contribution in [0.3, 0.4) is 0 Å². The van der Waals surface area contributed by atoms with E-state index in [0.29, 0.717) is 10.7 Å². The van der Waals surface area contributed by atoms with E-state index in [1.54, 1.807) is 11.8 Å². The first-order valence-electron chi connectivity index (χ1n) is 7.90. The summed E-state index contributed by atoms with van der Waals surface area (Å²) >= 11 is 2.99. The number of fused-ring (bicyclic) bond motifs is 1. The summed E-state index contributed by atoms with van der Waals surface area (Å²) in [6, 6.07) is 13.7. The van der Waals surface area contributed by atoms with Crippen LogP contribution in [0, 0.1) is 0 Å². The van der Waals surface area contributed by atoms with E-state index in [1.807, 2.05) is 48.0 Å². The monoisotopic (exact) mass is 368 g/mol. The molecular weight excluding hydrogens is 352 g/mol. The molecule has 0 unspecified atom stereocenters. The summed E-state index contributed by atoms with van der Waals surface area (Å²) in [5, 5.41) is 5.48. The average Bonchev–Trinajstić information content (AvgIpc) is 3.30. The molecule has 1 aliphatic heterocycles. The van der Waals surface area contributed by atoms with E-state index in [-0.39, 0.29) is 5.91 Å². The fourth-order valence-electron chi connectivity index (χ4n) is 2.81. The van der Waals surface area contributed by atoms with Crippen LogP contribution in [0.5, 0.6) is 5.75 Å². The van der Waals surface area contributed by atoms with E-state index in [1.165, 1.54) is 16.9 Å². The van der Waals surface area contributed by atoms with Crippen LogP contribution in [0.1, 0.15) is 15.9 Å². The SMILES string of the molecule is CSc1ccccc1C(=O)Nc1nc(-c2ccc3c(c2)CCO3)cs1. The molecule has 2 aromatic carbocycles. The van der Waals surface area contributed by atoms with E-state index >= 15 is 0 Å². The van der Waals surface area contributed by atoms with Crippen molar-refractivity contribution in [2.24, 2.45) is 0 Å². The summed E-state index contributed by atoms with van der Waals surface area (Å²) in [7, 11) is 0. The normalized spacial score (nSPS) is 12.5. The highest BCUT2D eigenvalue weighted by Gasteiger charge is 2.15. The number of hydrogen-bond acceptors (Lipinski definition) is 5. The maximum absolute atomic E-state index is 12.5. The average molecular weight is 368 g/mol. The first-order valence-corrected chi connectivity index (χ1v) is 10.0. The van der Waals surface area contributed by atoms with Gasteiger partial charge in [0.05, 0.1) is 17.9 Å². The van der Waals surface area contributed by atoms with E-state index in [0.717, 1.165) is 34.9 Å². The Kier molecular flexibility index (Phi) is 4.46. The van der Waals surface area contributed by atoms with Crippen molar-refractivity contribution in [3.63, 3.8) is 0 Å². The lowest BCUT2D eigenvalue weighted by Gasteiger charge is -2.06. The van der Waals surface area contributed by atoms with E-state index in [9.17, 15) is 4.79 Å². The number of nitrogens with zero attached hydrogens (tertiary/aromatic N) is 1. The van der Waals surface area contributed by atoms with Crippen LogP contribution < -0.4 is 10.1 Å². The lowest BCUT2D eigenvalue weighted by Crippen LogP contribution is -2.12. The van der Waals surface area contributed by atoms with Crippen molar-refractivity contribution < 1.29 is 9.53 Å². The minimum atomic E-state index is -0.131. The Hall–Kier alpha value is -2.31. The van der Waals surface area contributed by atoms with Gasteiger partial charge in [0.1, 0.15) is 5.75 Å². The molecule has 1 aromatic heterocycles. The van der Waals surface area contributed by atoms with Gasteiger partial charge in [-0.05, 0) is 42.2 Å². The third-order valence-electron chi connectivity index (χ3n) is 4.06. The van der Waals surface area contributed by atoms with Crippen molar-refractivity contribution >= 4 is 34.1 Å². The number of hydrogen-bond donors (Lipinski definition) is 1. The third-order valence-corrected chi connectivity index (χ3v) is 5.62. The van der Waals surface area contributed by atoms with Gasteiger partial charge in [0, 0.05) is 22.3 Å². The number of rotatable bonds is 4. The van der Waals surface area contributed by atoms with Gasteiger partial charge >= 0.3 is 0 Å². The van der Waals surface area contributed by atoms with Crippen molar-refractivity contribution in [3.8, 4) is 17.0 Å². The Morgan fingerprint density at radius 1 is 1.28 bits per heavy atom. The second kappa shape index (κ2) is 6.90. The highest BCUT2D eigenvalue weighted by Crippen LogP contribution is 2.32. The summed E-state index contributed by atoms with van der Waals surface area (Å²) in [4.78, 5) is 18.0. The van der Waals surface area contributed by atoms with Crippen LogP contribution in [0.15, 0.2) is 52.7 Å². The number of nitrogens with one attached hydrogen (secondary N) is 1. The fourth-order valence-corrected chi connectivity index (χ4v) is 4.12. The molecule has 2 heterocycles. The van der Waals surface area contributed by atoms with E-state index in [4.69, 9.17) is 4.74 Å². The molecule has 0 saturated carbocycles. The molecule has 6 heteroatoms. The van der Waals surface area contributed by atoms with Crippen molar-refractivity contribution in [2.75, 3.05) is 18.2 Å². The zero-order chi connectivity index (χ0) is 17.2. The molecule has 25 heavy (non-hydrogen) atoms. The first kappa shape index (κ1) is 16.2. The second-order valence-electron chi connectivity index (χ2n) is 5.61. The number of carbonyl (C=O) groups is 1. The van der Waals surface area contributed by atoms with Crippen molar-refractivity contribution in [1.82, 2.24) is 4.98 Å². The molecule has 0 atom stereocenters. The summed E-state index contributed by atoms with van der Waals surface area (Å²) in [6.45, 7) is 0.742. The molecule has 1 aliphatic rings. The maximum Gasteiger partial charge on any atom is 0.258 e. The Morgan fingerprint density at radius 2 is 2.16 bits per heavy atom. The van der Waals surface area contributed by atoms with Crippen LogP contribution in [0.2, 0.25) is 0 Å². The van der Waals surface area contributed by atoms with Gasteiger partial charge in [-0.2, -0.15) is 0 Å². The van der Waals surface area contributed by atoms with Crippen molar-refractivity contribution in [3.05, 3.63) is 59.0 Å². The molecule has 0 spiro atoms. The predicted molar refractivity (Wildman–Crippen MR) is 103 cm³/mol. The standard InChI is InChI=1S/C19H16N2O2S2/c1-24-17-5-3-2-4-14(17)18(22)21-19-20-15(11-25-19)12-6-7-16-13(10-12)8-9-23-16/h2-7,10-11H,8-9H2,1H3,(H,20,21,22). The number of ether oxygens (including phenoxy) is 1. The second-order valence-corrected chi connectivity index (χ2v) is 7.32. The first-order chi connectivity index (χ1) is 12.2. The Labute approximate surface area is 154 Å². The molecule has 3 aromatic rings. The maximum atomic E-state index is 12.5. The number of benzene rings is 2. The molecule has 4 nitrogen and oxygen atoms in total. The molecule has 0 bridgehead atoms. The third kappa shape index (κ3) is 3.27. The molecular formula is C19H16N2O2S2. The topological polar surface area (TPSA) is 51.2 Å². The molecule has 126 valence electrons. The molecule has 1 N–H and O–H groups in total. The number of anilines is 1. The lowest BCUT2D eigenvalue weighted by molar-refractivity contribution is 0.102. The fraction of sp³-hybridized carbons (Fsp3) is 0.158. The zero-order valence-electron chi connectivity index (χ0n) is 13.6. The number of aromatic nitrogens is 1. The summed E-state index contributed by atoms with van der Waals surface area (Å²) < 4.78 is 5.54. The summed E-state index contributed by atoms with van der Waals surface area (Å²) in [5.41, 5.74) is 3.80. The highest BCUT2D eigenvalue weighted by atomic mass is 32.2. The molecule has 4 rings (SSSR count). The van der Waals surface area contributed by atoms with Gasteiger partial charge in [0.25, 0.3) is 5.91 Å². The Morgan fingerprint density at radius 3 is 3.04 bits per heavy atom. The van der Waals surface area contributed by atoms with Crippen LogP contribution in [-0.2, 0) is 6.42 Å². The smallest absolute Gasteiger partial charge is 0.258 e. The number of amides is 1. The van der Waals surface area contributed by atoms with Gasteiger partial charge < -0.3 is 4.74 Å². The molecule has 0 radical (unpaired) electrons. The highest BCUT2D eigenvalue weighted by molar-refractivity contribution is 7.98. The van der Waals surface area contributed by atoms with Crippen LogP contribution >= 0.6 is 23.1 Å². The van der Waals surface area contributed by atoms with Gasteiger partial charge in [-0.25, -0.2) is 4.98 Å². The van der Waals surface area contributed by atoms with Gasteiger partial charge in [0.2, 0.25) is 0 Å². The lowest BCUT2D eigenvalue weighted by atomic mass is 10.1. The van der Waals surface area contributed by atoms with Gasteiger partial charge in [-0.1, -0.05) is 12.1 Å². The quantitative estimate of drug-likeness (QED) is 0.677. The molecule has 0 fully saturated rings. The molecule has 1 amide bonds. The van der Waals surface area contributed by atoms with Crippen LogP contribution in [-0.4, -0.2) is 23.8 Å². The van der Waals surface area contributed by atoms with E-state index in [2.05, 4.69) is 16.4 Å².